The lowest BCUT2D eigenvalue weighted by Crippen LogP contribution is -2.31. The van der Waals surface area contributed by atoms with Crippen molar-refractivity contribution in [3.05, 3.63) is 46.8 Å². The number of ether oxygens (including phenoxy) is 1. The van der Waals surface area contributed by atoms with Gasteiger partial charge in [0.05, 0.1) is 36.6 Å². The molecule has 0 saturated heterocycles. The third-order valence-corrected chi connectivity index (χ3v) is 3.99. The number of nitrogens with zero attached hydrogens (tertiary/aromatic N) is 2. The van der Waals surface area contributed by atoms with Crippen LogP contribution in [0.25, 0.3) is 0 Å². The van der Waals surface area contributed by atoms with E-state index in [0.717, 1.165) is 17.0 Å². The van der Waals surface area contributed by atoms with Crippen LogP contribution >= 0.6 is 0 Å². The van der Waals surface area contributed by atoms with Crippen LogP contribution < -0.4 is 10.6 Å². The monoisotopic (exact) mass is 358 g/mol. The molecule has 0 bridgehead atoms. The van der Waals surface area contributed by atoms with Gasteiger partial charge < -0.3 is 15.4 Å². The third-order valence-electron chi connectivity index (χ3n) is 3.99. The average molecular weight is 358 g/mol. The quantitative estimate of drug-likeness (QED) is 0.745. The van der Waals surface area contributed by atoms with Gasteiger partial charge in [0.2, 0.25) is 0 Å². The van der Waals surface area contributed by atoms with Crippen molar-refractivity contribution in [2.24, 2.45) is 0 Å². The lowest BCUT2D eigenvalue weighted by molar-refractivity contribution is -0.142. The van der Waals surface area contributed by atoms with E-state index in [2.05, 4.69) is 46.9 Å². The van der Waals surface area contributed by atoms with Crippen LogP contribution in [-0.4, -0.2) is 34.9 Å². The van der Waals surface area contributed by atoms with Gasteiger partial charge in [0.1, 0.15) is 0 Å². The fraction of sp³-hybridized carbons (Fsp3) is 0.421. The maximum absolute atomic E-state index is 12.0. The number of carbonyl (C=O) groups is 2. The van der Waals surface area contributed by atoms with Crippen LogP contribution in [0.3, 0.4) is 0 Å². The number of amides is 2. The maximum Gasteiger partial charge on any atom is 0.319 e. The maximum atomic E-state index is 12.0. The van der Waals surface area contributed by atoms with Crippen molar-refractivity contribution in [3.63, 3.8) is 0 Å². The molecule has 0 fully saturated rings. The Hall–Kier alpha value is -2.83. The smallest absolute Gasteiger partial charge is 0.319 e. The molecule has 2 rings (SSSR count). The molecule has 0 radical (unpaired) electrons. The summed E-state index contributed by atoms with van der Waals surface area (Å²) in [7, 11) is 0. The van der Waals surface area contributed by atoms with E-state index in [4.69, 9.17) is 4.74 Å². The Bertz CT molecular complexity index is 766. The van der Waals surface area contributed by atoms with Crippen molar-refractivity contribution in [2.75, 3.05) is 18.5 Å². The van der Waals surface area contributed by atoms with E-state index >= 15 is 0 Å². The number of esters is 1. The number of aromatic nitrogens is 2. The number of hydrogen-bond acceptors (Lipinski definition) is 4. The van der Waals surface area contributed by atoms with Gasteiger partial charge in [-0.05, 0) is 33.3 Å². The molecule has 7 heteroatoms. The molecule has 0 saturated carbocycles. The average Bonchev–Trinajstić information content (AvgIpc) is 2.85. The van der Waals surface area contributed by atoms with Gasteiger partial charge in [-0.25, -0.2) is 4.79 Å². The summed E-state index contributed by atoms with van der Waals surface area (Å²) in [5.74, 6) is -0.328. The Morgan fingerprint density at radius 3 is 2.50 bits per heavy atom. The van der Waals surface area contributed by atoms with Gasteiger partial charge in [0.15, 0.2) is 0 Å². The number of aryl methyl sites for hydroxylation is 2. The molecule has 0 unspecified atom stereocenters. The van der Waals surface area contributed by atoms with Gasteiger partial charge in [0.25, 0.3) is 0 Å². The first-order valence-corrected chi connectivity index (χ1v) is 8.70. The highest BCUT2D eigenvalue weighted by atomic mass is 16.5. The number of carbonyl (C=O) groups excluding carboxylic acids is 2. The summed E-state index contributed by atoms with van der Waals surface area (Å²) in [6.07, 6.45) is 0.145. The molecular formula is C19H26N4O3. The number of benzene rings is 1. The van der Waals surface area contributed by atoms with Crippen molar-refractivity contribution < 1.29 is 14.3 Å². The standard InChI is InChI=1S/C19H26N4O3/c1-5-26-17(24)10-11-20-19(25)21-18-14(3)22-23(15(18)4)12-16-8-6-13(2)7-9-16/h6-9H,5,10-12H2,1-4H3,(H2,20,21,25). The van der Waals surface area contributed by atoms with Crippen molar-refractivity contribution in [3.8, 4) is 0 Å². The van der Waals surface area contributed by atoms with Crippen molar-refractivity contribution in [1.82, 2.24) is 15.1 Å². The van der Waals surface area contributed by atoms with E-state index in [0.29, 0.717) is 18.8 Å². The van der Waals surface area contributed by atoms with Crippen molar-refractivity contribution >= 4 is 17.7 Å². The molecule has 2 amide bonds. The molecular weight excluding hydrogens is 332 g/mol. The second-order valence-corrected chi connectivity index (χ2v) is 6.12. The molecule has 26 heavy (non-hydrogen) atoms. The molecule has 0 spiro atoms. The minimum absolute atomic E-state index is 0.145. The van der Waals surface area contributed by atoms with Crippen molar-refractivity contribution in [1.29, 1.82) is 0 Å². The molecule has 140 valence electrons. The molecule has 2 N–H and O–H groups in total. The highest BCUT2D eigenvalue weighted by Crippen LogP contribution is 2.20. The Morgan fingerprint density at radius 1 is 1.15 bits per heavy atom. The van der Waals surface area contributed by atoms with Crippen LogP contribution in [0.5, 0.6) is 0 Å². The lowest BCUT2D eigenvalue weighted by Gasteiger charge is -2.09. The van der Waals surface area contributed by atoms with Gasteiger partial charge in [0, 0.05) is 6.54 Å². The van der Waals surface area contributed by atoms with Crippen LogP contribution in [0.15, 0.2) is 24.3 Å². The van der Waals surface area contributed by atoms with E-state index in [9.17, 15) is 9.59 Å². The van der Waals surface area contributed by atoms with Gasteiger partial charge in [-0.15, -0.1) is 0 Å². The fourth-order valence-electron chi connectivity index (χ4n) is 2.57. The minimum atomic E-state index is -0.365. The molecule has 7 nitrogen and oxygen atoms in total. The van der Waals surface area contributed by atoms with Crippen LogP contribution in [0.2, 0.25) is 0 Å². The summed E-state index contributed by atoms with van der Waals surface area (Å²) < 4.78 is 6.69. The number of urea groups is 1. The number of nitrogens with one attached hydrogen (secondary N) is 2. The van der Waals surface area contributed by atoms with Gasteiger partial charge >= 0.3 is 12.0 Å². The zero-order valence-electron chi connectivity index (χ0n) is 15.8. The largest absolute Gasteiger partial charge is 0.466 e. The lowest BCUT2D eigenvalue weighted by atomic mass is 10.1. The second-order valence-electron chi connectivity index (χ2n) is 6.12. The first-order chi connectivity index (χ1) is 12.4. The van der Waals surface area contributed by atoms with Gasteiger partial charge in [-0.3, -0.25) is 9.48 Å². The predicted octanol–water partition coefficient (Wildman–Crippen LogP) is 2.93. The second kappa shape index (κ2) is 9.03. The van der Waals surface area contributed by atoms with E-state index in [1.165, 1.54) is 5.56 Å². The summed E-state index contributed by atoms with van der Waals surface area (Å²) in [4.78, 5) is 23.3. The summed E-state index contributed by atoms with van der Waals surface area (Å²) in [5.41, 5.74) is 4.67. The first-order valence-electron chi connectivity index (χ1n) is 8.70. The topological polar surface area (TPSA) is 85.2 Å². The molecule has 0 atom stereocenters. The molecule has 2 aromatic rings. The molecule has 1 heterocycles. The summed E-state index contributed by atoms with van der Waals surface area (Å²) in [6.45, 7) is 8.77. The zero-order chi connectivity index (χ0) is 19.1. The SMILES string of the molecule is CCOC(=O)CCNC(=O)Nc1c(C)nn(Cc2ccc(C)cc2)c1C. The number of rotatable bonds is 7. The van der Waals surface area contributed by atoms with Gasteiger partial charge in [-0.1, -0.05) is 29.8 Å². The minimum Gasteiger partial charge on any atom is -0.466 e. The highest BCUT2D eigenvalue weighted by Gasteiger charge is 2.14. The van der Waals surface area contributed by atoms with E-state index in [1.807, 2.05) is 18.5 Å². The highest BCUT2D eigenvalue weighted by molar-refractivity contribution is 5.90. The normalized spacial score (nSPS) is 10.5. The molecule has 1 aromatic carbocycles. The summed E-state index contributed by atoms with van der Waals surface area (Å²) in [5, 5.41) is 9.98. The van der Waals surface area contributed by atoms with Crippen LogP contribution in [-0.2, 0) is 16.1 Å². The summed E-state index contributed by atoms with van der Waals surface area (Å²) in [6, 6.07) is 7.91. The zero-order valence-corrected chi connectivity index (χ0v) is 15.8. The Morgan fingerprint density at radius 2 is 1.85 bits per heavy atom. The van der Waals surface area contributed by atoms with E-state index < -0.39 is 0 Å². The number of hydrogen-bond donors (Lipinski definition) is 2. The van der Waals surface area contributed by atoms with E-state index in [1.54, 1.807) is 6.92 Å². The molecule has 0 aliphatic heterocycles. The molecule has 0 aliphatic rings. The van der Waals surface area contributed by atoms with Crippen LogP contribution in [0.4, 0.5) is 10.5 Å². The third kappa shape index (κ3) is 5.34. The fourth-order valence-corrected chi connectivity index (χ4v) is 2.57. The van der Waals surface area contributed by atoms with E-state index in [-0.39, 0.29) is 25.0 Å². The molecule has 0 aliphatic carbocycles. The van der Waals surface area contributed by atoms with Gasteiger partial charge in [-0.2, -0.15) is 5.10 Å². The predicted molar refractivity (Wildman–Crippen MR) is 100 cm³/mol. The van der Waals surface area contributed by atoms with Crippen molar-refractivity contribution in [2.45, 2.75) is 40.7 Å². The van der Waals surface area contributed by atoms with Crippen LogP contribution in [0, 0.1) is 20.8 Å². The Kier molecular flexibility index (Phi) is 6.77. The van der Waals surface area contributed by atoms with Crippen LogP contribution in [0.1, 0.15) is 35.9 Å². The molecule has 1 aromatic heterocycles. The first kappa shape index (κ1) is 19.5. The Balaban J connectivity index is 1.95. The number of anilines is 1. The summed E-state index contributed by atoms with van der Waals surface area (Å²) >= 11 is 0. The Labute approximate surface area is 153 Å².